The van der Waals surface area contributed by atoms with Crippen LogP contribution < -0.4 is 4.57 Å². The van der Waals surface area contributed by atoms with Gasteiger partial charge in [0.25, 0.3) is 5.69 Å². The molecule has 30 heavy (non-hydrogen) atoms. The zero-order valence-electron chi connectivity index (χ0n) is 17.3. The number of rotatable bonds is 11. The van der Waals surface area contributed by atoms with E-state index in [9.17, 15) is 14.9 Å². The molecular formula is C23H28N3O4+. The lowest BCUT2D eigenvalue weighted by molar-refractivity contribution is -0.697. The molecule has 0 spiro atoms. The van der Waals surface area contributed by atoms with Gasteiger partial charge in [-0.2, -0.15) is 0 Å². The third-order valence-electron chi connectivity index (χ3n) is 5.31. The molecule has 0 unspecified atom stereocenters. The SMILES string of the molecule is COC(=O)c1ccc[n+](CCCCCCCCn2ccc3cc([N+](=O)[O-])ccc32)c1. The number of nitro benzene ring substituents is 1. The second-order valence-corrected chi connectivity index (χ2v) is 7.45. The number of carbonyl (C=O) groups is 1. The molecule has 0 atom stereocenters. The first kappa shape index (κ1) is 21.5. The molecule has 0 bridgehead atoms. The highest BCUT2D eigenvalue weighted by atomic mass is 16.6. The number of unbranched alkanes of at least 4 members (excludes halogenated alkanes) is 5. The number of pyridine rings is 1. The van der Waals surface area contributed by atoms with Gasteiger partial charge in [0.05, 0.1) is 12.0 Å². The van der Waals surface area contributed by atoms with Crippen molar-refractivity contribution >= 4 is 22.6 Å². The minimum absolute atomic E-state index is 0.135. The van der Waals surface area contributed by atoms with E-state index in [2.05, 4.69) is 4.57 Å². The van der Waals surface area contributed by atoms with Crippen molar-refractivity contribution in [3.8, 4) is 0 Å². The maximum absolute atomic E-state index is 11.6. The van der Waals surface area contributed by atoms with E-state index in [4.69, 9.17) is 4.74 Å². The second kappa shape index (κ2) is 10.5. The molecule has 2 aromatic heterocycles. The quantitative estimate of drug-likeness (QED) is 0.151. The Hall–Kier alpha value is -3.22. The van der Waals surface area contributed by atoms with Crippen LogP contribution in [0.1, 0.15) is 48.9 Å². The van der Waals surface area contributed by atoms with Crippen LogP contribution >= 0.6 is 0 Å². The molecule has 0 fully saturated rings. The predicted octanol–water partition coefficient (Wildman–Crippen LogP) is 4.66. The molecule has 2 heterocycles. The van der Waals surface area contributed by atoms with E-state index in [0.29, 0.717) is 5.56 Å². The van der Waals surface area contributed by atoms with Gasteiger partial charge in [-0.15, -0.1) is 0 Å². The zero-order valence-corrected chi connectivity index (χ0v) is 17.3. The number of fused-ring (bicyclic) bond motifs is 1. The summed E-state index contributed by atoms with van der Waals surface area (Å²) in [6, 6.07) is 10.6. The Balaban J connectivity index is 1.33. The lowest BCUT2D eigenvalue weighted by Crippen LogP contribution is -2.33. The lowest BCUT2D eigenvalue weighted by atomic mass is 10.1. The van der Waals surface area contributed by atoms with Crippen molar-refractivity contribution < 1.29 is 19.0 Å². The van der Waals surface area contributed by atoms with Crippen molar-refractivity contribution in [2.45, 2.75) is 51.6 Å². The third-order valence-corrected chi connectivity index (χ3v) is 5.31. The summed E-state index contributed by atoms with van der Waals surface area (Å²) < 4.78 is 8.96. The number of nitrogens with zero attached hydrogens (tertiary/aromatic N) is 3. The number of aromatic nitrogens is 2. The molecule has 0 radical (unpaired) electrons. The van der Waals surface area contributed by atoms with Crippen LogP contribution in [0.15, 0.2) is 55.0 Å². The summed E-state index contributed by atoms with van der Waals surface area (Å²) in [4.78, 5) is 22.1. The van der Waals surface area contributed by atoms with Crippen LogP contribution in [0.3, 0.4) is 0 Å². The zero-order chi connectivity index (χ0) is 21.3. The normalized spacial score (nSPS) is 11.0. The van der Waals surface area contributed by atoms with E-state index < -0.39 is 0 Å². The summed E-state index contributed by atoms with van der Waals surface area (Å²) in [6.07, 6.45) is 12.7. The van der Waals surface area contributed by atoms with Crippen molar-refractivity contribution in [2.75, 3.05) is 7.11 Å². The number of ether oxygens (including phenoxy) is 1. The van der Waals surface area contributed by atoms with Crippen LogP contribution in [0.4, 0.5) is 5.69 Å². The number of nitro groups is 1. The maximum atomic E-state index is 11.6. The van der Waals surface area contributed by atoms with Crippen molar-refractivity contribution in [1.29, 1.82) is 0 Å². The van der Waals surface area contributed by atoms with Gasteiger partial charge in [0.2, 0.25) is 0 Å². The van der Waals surface area contributed by atoms with Crippen LogP contribution in [0, 0.1) is 10.1 Å². The van der Waals surface area contributed by atoms with Gasteiger partial charge in [0.1, 0.15) is 12.1 Å². The molecule has 0 aliphatic rings. The topological polar surface area (TPSA) is 78.2 Å². The summed E-state index contributed by atoms with van der Waals surface area (Å²) >= 11 is 0. The van der Waals surface area contributed by atoms with E-state index in [1.165, 1.54) is 20.0 Å². The molecule has 0 amide bonds. The van der Waals surface area contributed by atoms with E-state index in [1.807, 2.05) is 41.4 Å². The molecule has 0 saturated carbocycles. The maximum Gasteiger partial charge on any atom is 0.343 e. The van der Waals surface area contributed by atoms with E-state index in [1.54, 1.807) is 18.2 Å². The first-order chi connectivity index (χ1) is 14.6. The summed E-state index contributed by atoms with van der Waals surface area (Å²) in [6.45, 7) is 1.82. The highest BCUT2D eigenvalue weighted by Gasteiger charge is 2.10. The molecule has 0 saturated heterocycles. The number of aryl methyl sites for hydroxylation is 2. The number of hydrogen-bond acceptors (Lipinski definition) is 4. The first-order valence-corrected chi connectivity index (χ1v) is 10.4. The number of non-ortho nitro benzene ring substituents is 1. The molecule has 0 aliphatic carbocycles. The van der Waals surface area contributed by atoms with Crippen LogP contribution in [0.25, 0.3) is 10.9 Å². The standard InChI is InChI=1S/C23H28N3O4/c1-30-23(27)20-9-8-14-24(18-20)13-6-4-2-3-5-7-15-25-16-12-19-17-21(26(28)29)10-11-22(19)25/h8-12,14,16-18H,2-7,13,15H2,1H3/q+1. The molecule has 0 N–H and O–H groups in total. The monoisotopic (exact) mass is 410 g/mol. The third kappa shape index (κ3) is 5.65. The number of benzene rings is 1. The number of esters is 1. The van der Waals surface area contributed by atoms with Crippen molar-refractivity contribution in [2.24, 2.45) is 0 Å². The Morgan fingerprint density at radius 1 is 1.10 bits per heavy atom. The molecule has 7 heteroatoms. The molecule has 158 valence electrons. The van der Waals surface area contributed by atoms with Gasteiger partial charge in [-0.3, -0.25) is 10.1 Å². The lowest BCUT2D eigenvalue weighted by Gasteiger charge is -2.05. The fourth-order valence-corrected chi connectivity index (χ4v) is 3.68. The van der Waals surface area contributed by atoms with Crippen LogP contribution in [-0.2, 0) is 17.8 Å². The van der Waals surface area contributed by atoms with Gasteiger partial charge >= 0.3 is 5.97 Å². The van der Waals surface area contributed by atoms with Crippen molar-refractivity contribution in [1.82, 2.24) is 4.57 Å². The summed E-state index contributed by atoms with van der Waals surface area (Å²) in [7, 11) is 1.39. The Morgan fingerprint density at radius 2 is 1.87 bits per heavy atom. The Labute approximate surface area is 176 Å². The smallest absolute Gasteiger partial charge is 0.343 e. The van der Waals surface area contributed by atoms with Crippen molar-refractivity contribution in [3.63, 3.8) is 0 Å². The fraction of sp³-hybridized carbons (Fsp3) is 0.391. The Kier molecular flexibility index (Phi) is 7.54. The molecule has 3 rings (SSSR count). The van der Waals surface area contributed by atoms with Crippen LogP contribution in [-0.4, -0.2) is 22.6 Å². The van der Waals surface area contributed by atoms with Gasteiger partial charge < -0.3 is 9.30 Å². The first-order valence-electron chi connectivity index (χ1n) is 10.4. The molecule has 1 aromatic carbocycles. The van der Waals surface area contributed by atoms with Gasteiger partial charge in [0.15, 0.2) is 12.4 Å². The Bertz CT molecular complexity index is 1010. The Morgan fingerprint density at radius 3 is 2.63 bits per heavy atom. The van der Waals surface area contributed by atoms with E-state index in [0.717, 1.165) is 49.7 Å². The van der Waals surface area contributed by atoms with Gasteiger partial charge in [-0.25, -0.2) is 9.36 Å². The number of hydrogen-bond donors (Lipinski definition) is 0. The molecular weight excluding hydrogens is 382 g/mol. The minimum Gasteiger partial charge on any atom is -0.465 e. The highest BCUT2D eigenvalue weighted by molar-refractivity contribution is 5.88. The molecule has 0 aliphatic heterocycles. The number of carbonyl (C=O) groups excluding carboxylic acids is 1. The van der Waals surface area contributed by atoms with E-state index in [-0.39, 0.29) is 16.6 Å². The van der Waals surface area contributed by atoms with Crippen LogP contribution in [0.5, 0.6) is 0 Å². The minimum atomic E-state index is -0.356. The molecule has 7 nitrogen and oxygen atoms in total. The summed E-state index contributed by atoms with van der Waals surface area (Å²) in [5.41, 5.74) is 1.76. The average Bonchev–Trinajstić information content (AvgIpc) is 3.17. The highest BCUT2D eigenvalue weighted by Crippen LogP contribution is 2.22. The molecule has 3 aromatic rings. The number of methoxy groups -OCH3 is 1. The largest absolute Gasteiger partial charge is 0.465 e. The summed E-state index contributed by atoms with van der Waals surface area (Å²) in [5.74, 6) is -0.307. The van der Waals surface area contributed by atoms with Gasteiger partial charge in [-0.1, -0.05) is 19.3 Å². The van der Waals surface area contributed by atoms with Gasteiger partial charge in [0, 0.05) is 48.3 Å². The van der Waals surface area contributed by atoms with Gasteiger partial charge in [-0.05, 0) is 31.0 Å². The van der Waals surface area contributed by atoms with Crippen LogP contribution in [0.2, 0.25) is 0 Å². The average molecular weight is 410 g/mol. The fourth-order valence-electron chi connectivity index (χ4n) is 3.68. The summed E-state index contributed by atoms with van der Waals surface area (Å²) in [5, 5.41) is 11.8. The second-order valence-electron chi connectivity index (χ2n) is 7.45. The predicted molar refractivity (Wildman–Crippen MR) is 114 cm³/mol. The van der Waals surface area contributed by atoms with Crippen molar-refractivity contribution in [3.05, 3.63) is 70.7 Å². The van der Waals surface area contributed by atoms with E-state index >= 15 is 0 Å².